The van der Waals surface area contributed by atoms with E-state index in [2.05, 4.69) is 15.0 Å². The largest absolute Gasteiger partial charge is 0.336 e. The molecule has 2 aromatic heterocycles. The molecule has 0 radical (unpaired) electrons. The SMILES string of the molecule is CC(C)C[C@H]1ON(C(=O)/C=C/c2nc3ccccc3s2)[C@H]2CN(C3CCN(C(=O)c4ncc(F)cn4)CC3)C(=O)[C@H](CC(C)C)N2C1=O. The first-order valence-corrected chi connectivity index (χ1v) is 17.2. The summed E-state index contributed by atoms with van der Waals surface area (Å²) in [5.41, 5.74) is 0.841. The molecule has 0 spiro atoms. The summed E-state index contributed by atoms with van der Waals surface area (Å²) < 4.78 is 14.3. The molecular weight excluding hydrogens is 637 g/mol. The molecule has 14 heteroatoms. The van der Waals surface area contributed by atoms with E-state index in [4.69, 9.17) is 4.84 Å². The number of piperazine rings is 1. The van der Waals surface area contributed by atoms with Crippen molar-refractivity contribution in [2.45, 2.75) is 77.7 Å². The molecule has 1 aromatic carbocycles. The van der Waals surface area contributed by atoms with Crippen molar-refractivity contribution < 1.29 is 28.4 Å². The van der Waals surface area contributed by atoms with Gasteiger partial charge in [0.2, 0.25) is 11.7 Å². The molecule has 3 aromatic rings. The number of para-hydroxylation sites is 1. The Labute approximate surface area is 282 Å². The van der Waals surface area contributed by atoms with Crippen molar-refractivity contribution in [1.29, 1.82) is 0 Å². The molecule has 3 aliphatic heterocycles. The van der Waals surface area contributed by atoms with Crippen LogP contribution in [0.25, 0.3) is 16.3 Å². The fourth-order valence-electron chi connectivity index (χ4n) is 6.66. The van der Waals surface area contributed by atoms with Gasteiger partial charge in [-0.3, -0.25) is 24.0 Å². The highest BCUT2D eigenvalue weighted by Crippen LogP contribution is 2.34. The Bertz CT molecular complexity index is 1670. The van der Waals surface area contributed by atoms with Crippen LogP contribution < -0.4 is 0 Å². The minimum Gasteiger partial charge on any atom is -0.336 e. The van der Waals surface area contributed by atoms with Crippen LogP contribution in [-0.4, -0.2) is 102 Å². The summed E-state index contributed by atoms with van der Waals surface area (Å²) in [6.45, 7) is 8.74. The number of aromatic nitrogens is 3. The molecular formula is C34H40FN7O5S. The van der Waals surface area contributed by atoms with Gasteiger partial charge in [0.25, 0.3) is 17.7 Å². The zero-order valence-electron chi connectivity index (χ0n) is 27.5. The number of likely N-dealkylation sites (tertiary alicyclic amines) is 1. The number of fused-ring (bicyclic) bond motifs is 2. The van der Waals surface area contributed by atoms with Crippen LogP contribution in [0.5, 0.6) is 0 Å². The number of rotatable bonds is 8. The molecule has 0 aliphatic carbocycles. The summed E-state index contributed by atoms with van der Waals surface area (Å²) in [6.07, 6.45) is 5.04. The molecule has 12 nitrogen and oxygen atoms in total. The molecule has 0 N–H and O–H groups in total. The van der Waals surface area contributed by atoms with E-state index >= 15 is 0 Å². The summed E-state index contributed by atoms with van der Waals surface area (Å²) in [7, 11) is 0. The number of nitrogens with zero attached hydrogens (tertiary/aromatic N) is 7. The van der Waals surface area contributed by atoms with E-state index in [1.165, 1.54) is 22.5 Å². The Morgan fingerprint density at radius 3 is 2.38 bits per heavy atom. The predicted molar refractivity (Wildman–Crippen MR) is 176 cm³/mol. The molecule has 0 saturated carbocycles. The zero-order valence-corrected chi connectivity index (χ0v) is 28.3. The van der Waals surface area contributed by atoms with E-state index in [1.807, 2.05) is 52.0 Å². The number of carbonyl (C=O) groups excluding carboxylic acids is 4. The lowest BCUT2D eigenvalue weighted by atomic mass is 9.93. The smallest absolute Gasteiger partial charge is 0.291 e. The van der Waals surface area contributed by atoms with E-state index in [0.29, 0.717) is 43.8 Å². The van der Waals surface area contributed by atoms with Gasteiger partial charge in [0.05, 0.1) is 29.2 Å². The third-order valence-corrected chi connectivity index (χ3v) is 9.91. The second kappa shape index (κ2) is 14.0. The van der Waals surface area contributed by atoms with E-state index in [-0.39, 0.29) is 42.1 Å². The minimum absolute atomic E-state index is 0.0774. The van der Waals surface area contributed by atoms with Gasteiger partial charge >= 0.3 is 0 Å². The van der Waals surface area contributed by atoms with Crippen LogP contribution in [0.4, 0.5) is 4.39 Å². The number of hydroxylamine groups is 2. The summed E-state index contributed by atoms with van der Waals surface area (Å²) in [6, 6.07) is 6.73. The van der Waals surface area contributed by atoms with E-state index in [1.54, 1.807) is 20.8 Å². The van der Waals surface area contributed by atoms with Gasteiger partial charge in [0.1, 0.15) is 11.0 Å². The van der Waals surface area contributed by atoms with Crippen LogP contribution in [-0.2, 0) is 19.2 Å². The number of benzene rings is 1. The lowest BCUT2D eigenvalue weighted by Gasteiger charge is -2.55. The number of hydrogen-bond donors (Lipinski definition) is 0. The summed E-state index contributed by atoms with van der Waals surface area (Å²) in [5, 5.41) is 1.94. The molecule has 3 saturated heterocycles. The van der Waals surface area contributed by atoms with Gasteiger partial charge in [-0.25, -0.2) is 19.3 Å². The van der Waals surface area contributed by atoms with E-state index < -0.39 is 35.9 Å². The van der Waals surface area contributed by atoms with Crippen molar-refractivity contribution in [2.75, 3.05) is 19.6 Å². The first kappa shape index (κ1) is 33.6. The van der Waals surface area contributed by atoms with Gasteiger partial charge in [-0.2, -0.15) is 5.06 Å². The summed E-state index contributed by atoms with van der Waals surface area (Å²) in [4.78, 5) is 78.6. The average molecular weight is 678 g/mol. The van der Waals surface area contributed by atoms with Crippen molar-refractivity contribution in [2.24, 2.45) is 11.8 Å². The maximum atomic E-state index is 14.3. The third-order valence-electron chi connectivity index (χ3n) is 8.91. The Balaban J connectivity index is 1.26. The second-order valence-corrected chi connectivity index (χ2v) is 14.4. The zero-order chi connectivity index (χ0) is 34.1. The number of halogens is 1. The number of thiazole rings is 1. The summed E-state index contributed by atoms with van der Waals surface area (Å²) in [5.74, 6) is -1.80. The van der Waals surface area contributed by atoms with Crippen molar-refractivity contribution in [1.82, 2.24) is 34.7 Å². The molecule has 4 amide bonds. The number of piperidine rings is 1. The van der Waals surface area contributed by atoms with E-state index in [0.717, 1.165) is 22.6 Å². The highest BCUT2D eigenvalue weighted by molar-refractivity contribution is 7.19. The Kier molecular flexibility index (Phi) is 9.83. The highest BCUT2D eigenvalue weighted by atomic mass is 32.1. The average Bonchev–Trinajstić information content (AvgIpc) is 3.49. The topological polar surface area (TPSA) is 129 Å². The van der Waals surface area contributed by atoms with Crippen LogP contribution in [0.3, 0.4) is 0 Å². The maximum Gasteiger partial charge on any atom is 0.291 e. The van der Waals surface area contributed by atoms with Crippen molar-refractivity contribution in [3.63, 3.8) is 0 Å². The monoisotopic (exact) mass is 677 g/mol. The number of carbonyl (C=O) groups is 4. The predicted octanol–water partition coefficient (Wildman–Crippen LogP) is 4.14. The van der Waals surface area contributed by atoms with Crippen LogP contribution in [0.15, 0.2) is 42.7 Å². The van der Waals surface area contributed by atoms with Gasteiger partial charge in [0.15, 0.2) is 18.1 Å². The molecule has 3 fully saturated rings. The van der Waals surface area contributed by atoms with Crippen molar-refractivity contribution in [3.8, 4) is 0 Å². The molecule has 3 aliphatic rings. The van der Waals surface area contributed by atoms with Crippen molar-refractivity contribution >= 4 is 51.3 Å². The maximum absolute atomic E-state index is 14.3. The molecule has 254 valence electrons. The van der Waals surface area contributed by atoms with Crippen LogP contribution in [0, 0.1) is 17.7 Å². The van der Waals surface area contributed by atoms with Gasteiger partial charge in [-0.15, -0.1) is 11.3 Å². The second-order valence-electron chi connectivity index (χ2n) is 13.4. The quantitative estimate of drug-likeness (QED) is 0.326. The van der Waals surface area contributed by atoms with Gasteiger partial charge < -0.3 is 14.7 Å². The number of hydrogen-bond acceptors (Lipinski definition) is 9. The highest BCUT2D eigenvalue weighted by Gasteiger charge is 2.53. The molecule has 3 atom stereocenters. The van der Waals surface area contributed by atoms with Crippen LogP contribution in [0.2, 0.25) is 0 Å². The molecule has 5 heterocycles. The van der Waals surface area contributed by atoms with Gasteiger partial charge in [-0.1, -0.05) is 39.8 Å². The van der Waals surface area contributed by atoms with Gasteiger partial charge in [0, 0.05) is 25.2 Å². The lowest BCUT2D eigenvalue weighted by molar-refractivity contribution is -0.275. The lowest BCUT2D eigenvalue weighted by Crippen LogP contribution is -2.74. The first-order chi connectivity index (χ1) is 23.0. The molecule has 0 unspecified atom stereocenters. The normalized spacial score (nSPS) is 22.4. The van der Waals surface area contributed by atoms with Crippen LogP contribution >= 0.6 is 11.3 Å². The Morgan fingerprint density at radius 1 is 1.02 bits per heavy atom. The fourth-order valence-corrected chi connectivity index (χ4v) is 7.53. The Hall–Kier alpha value is -4.30. The van der Waals surface area contributed by atoms with Crippen molar-refractivity contribution in [3.05, 3.63) is 59.4 Å². The standard InChI is InChI=1S/C34H40FN7O5S/c1-20(2)15-25-32(44)40(23-11-13-39(14-12-23)34(46)31-36-17-22(35)18-37-31)19-29-41(25)33(45)26(16-21(3)4)47-42(29)30(43)10-9-28-38-24-7-5-6-8-27(24)48-28/h5-10,17-18,20-21,23,25-26,29H,11-16,19H2,1-4H3/b10-9+/t25-,26+,29-/m0/s1. The number of amides is 4. The summed E-state index contributed by atoms with van der Waals surface area (Å²) >= 11 is 1.47. The molecule has 6 rings (SSSR count). The van der Waals surface area contributed by atoms with Crippen LogP contribution in [0.1, 0.15) is 69.0 Å². The Morgan fingerprint density at radius 2 is 1.71 bits per heavy atom. The van der Waals surface area contributed by atoms with Gasteiger partial charge in [-0.05, 0) is 55.7 Å². The molecule has 48 heavy (non-hydrogen) atoms. The third kappa shape index (κ3) is 6.95. The first-order valence-electron chi connectivity index (χ1n) is 16.4. The minimum atomic E-state index is -0.905. The van der Waals surface area contributed by atoms with E-state index in [9.17, 15) is 23.6 Å². The molecule has 0 bridgehead atoms. The fraction of sp³-hybridized carbons (Fsp3) is 0.500.